The third-order valence-electron chi connectivity index (χ3n) is 4.44. The van der Waals surface area contributed by atoms with E-state index in [9.17, 15) is 4.79 Å². The molecule has 2 rings (SSSR count). The number of ether oxygens (including phenoxy) is 1. The molecule has 0 bridgehead atoms. The number of carbonyl (C=O) groups excluding carboxylic acids is 1. The van der Waals surface area contributed by atoms with Crippen molar-refractivity contribution in [1.82, 2.24) is 10.2 Å². The van der Waals surface area contributed by atoms with E-state index in [0.717, 1.165) is 25.6 Å². The summed E-state index contributed by atoms with van der Waals surface area (Å²) in [6, 6.07) is 0.207. The third-order valence-corrected chi connectivity index (χ3v) is 4.44. The summed E-state index contributed by atoms with van der Waals surface area (Å²) in [6.45, 7) is 3.21. The molecule has 0 spiro atoms. The highest BCUT2D eigenvalue weighted by Gasteiger charge is 2.20. The molecule has 1 amide bonds. The number of hydrogen-bond acceptors (Lipinski definition) is 3. The largest absolute Gasteiger partial charge is 0.378 e. The van der Waals surface area contributed by atoms with Crippen LogP contribution in [0.3, 0.4) is 0 Å². The second-order valence-electron chi connectivity index (χ2n) is 6.04. The van der Waals surface area contributed by atoms with Crippen LogP contribution in [0.15, 0.2) is 0 Å². The fraction of sp³-hybridized carbons (Fsp3) is 0.933. The molecule has 20 heavy (non-hydrogen) atoms. The minimum absolute atomic E-state index is 0. The molecule has 1 saturated heterocycles. The molecule has 0 radical (unpaired) electrons. The van der Waals surface area contributed by atoms with Gasteiger partial charge in [0.15, 0.2) is 0 Å². The van der Waals surface area contributed by atoms with Gasteiger partial charge in [-0.2, -0.15) is 0 Å². The molecule has 0 aromatic rings. The average Bonchev–Trinajstić information content (AvgIpc) is 2.47. The molecule has 0 aromatic heterocycles. The van der Waals surface area contributed by atoms with Crippen LogP contribution in [0.2, 0.25) is 0 Å². The van der Waals surface area contributed by atoms with Crippen LogP contribution in [0.25, 0.3) is 0 Å². The van der Waals surface area contributed by atoms with Crippen molar-refractivity contribution in [3.63, 3.8) is 0 Å². The highest BCUT2D eigenvalue weighted by Crippen LogP contribution is 2.26. The van der Waals surface area contributed by atoms with Crippen molar-refractivity contribution in [1.29, 1.82) is 0 Å². The van der Waals surface area contributed by atoms with Crippen molar-refractivity contribution >= 4 is 18.3 Å². The fourth-order valence-electron chi connectivity index (χ4n) is 3.09. The van der Waals surface area contributed by atoms with Crippen molar-refractivity contribution in [2.75, 3.05) is 33.4 Å². The monoisotopic (exact) mass is 304 g/mol. The summed E-state index contributed by atoms with van der Waals surface area (Å²) in [5, 5.41) is 3.34. The Kier molecular flexibility index (Phi) is 8.50. The number of halogens is 1. The summed E-state index contributed by atoms with van der Waals surface area (Å²) >= 11 is 0. The molecule has 2 aliphatic rings. The van der Waals surface area contributed by atoms with Crippen LogP contribution >= 0.6 is 12.4 Å². The quantitative estimate of drug-likeness (QED) is 0.847. The lowest BCUT2D eigenvalue weighted by atomic mass is 9.87. The van der Waals surface area contributed by atoms with Crippen LogP contribution in [0.5, 0.6) is 0 Å². The molecule has 118 valence electrons. The summed E-state index contributed by atoms with van der Waals surface area (Å²) in [6.07, 6.45) is 8.63. The van der Waals surface area contributed by atoms with Crippen molar-refractivity contribution in [2.24, 2.45) is 5.92 Å². The van der Waals surface area contributed by atoms with Crippen LogP contribution in [0.4, 0.5) is 0 Å². The first kappa shape index (κ1) is 17.7. The maximum Gasteiger partial charge on any atom is 0.223 e. The summed E-state index contributed by atoms with van der Waals surface area (Å²) in [7, 11) is 1.94. The van der Waals surface area contributed by atoms with Gasteiger partial charge < -0.3 is 15.0 Å². The van der Waals surface area contributed by atoms with Gasteiger partial charge in [-0.1, -0.05) is 32.1 Å². The van der Waals surface area contributed by atoms with Gasteiger partial charge in [-0.05, 0) is 12.3 Å². The first-order valence-electron chi connectivity index (χ1n) is 7.81. The lowest BCUT2D eigenvalue weighted by Crippen LogP contribution is -2.44. The lowest BCUT2D eigenvalue weighted by Gasteiger charge is -2.27. The lowest BCUT2D eigenvalue weighted by molar-refractivity contribution is -0.131. The minimum atomic E-state index is 0. The summed E-state index contributed by atoms with van der Waals surface area (Å²) in [5.74, 6) is 1.10. The van der Waals surface area contributed by atoms with E-state index in [1.54, 1.807) is 0 Å². The number of amides is 1. The van der Waals surface area contributed by atoms with E-state index >= 15 is 0 Å². The summed E-state index contributed by atoms with van der Waals surface area (Å²) in [4.78, 5) is 14.0. The molecule has 0 aromatic carbocycles. The van der Waals surface area contributed by atoms with Crippen LogP contribution in [-0.2, 0) is 9.53 Å². The average molecular weight is 305 g/mol. The molecule has 1 aliphatic carbocycles. The second kappa shape index (κ2) is 9.59. The number of nitrogens with one attached hydrogen (secondary N) is 1. The van der Waals surface area contributed by atoms with Gasteiger partial charge >= 0.3 is 0 Å². The Bertz CT molecular complexity index is 277. The predicted octanol–water partition coefficient (Wildman–Crippen LogP) is 2.22. The highest BCUT2D eigenvalue weighted by molar-refractivity contribution is 5.85. The third kappa shape index (κ3) is 5.98. The zero-order valence-electron chi connectivity index (χ0n) is 12.6. The van der Waals surface area contributed by atoms with Gasteiger partial charge in [0.05, 0.1) is 13.2 Å². The van der Waals surface area contributed by atoms with Crippen LogP contribution in [-0.4, -0.2) is 50.2 Å². The molecule has 1 saturated carbocycles. The van der Waals surface area contributed by atoms with Crippen molar-refractivity contribution in [3.8, 4) is 0 Å². The van der Waals surface area contributed by atoms with E-state index in [1.165, 1.54) is 38.5 Å². The SMILES string of the molecule is CN(CCC1CCCCC1)C(=O)CC1COCCN1.Cl. The number of morpholine rings is 1. The molecular formula is C15H29ClN2O2. The molecule has 5 heteroatoms. The van der Waals surface area contributed by atoms with Crippen LogP contribution in [0.1, 0.15) is 44.9 Å². The standard InChI is InChI=1S/C15H28N2O2.ClH/c1-17(9-7-13-5-3-2-4-6-13)15(18)11-14-12-19-10-8-16-14;/h13-14,16H,2-12H2,1H3;1H. The Labute approximate surface area is 129 Å². The van der Waals surface area contributed by atoms with Gasteiger partial charge in [-0.15, -0.1) is 12.4 Å². The van der Waals surface area contributed by atoms with E-state index in [2.05, 4.69) is 5.32 Å². The Morgan fingerprint density at radius 3 is 2.70 bits per heavy atom. The summed E-state index contributed by atoms with van der Waals surface area (Å²) < 4.78 is 5.38. The van der Waals surface area contributed by atoms with Crippen LogP contribution < -0.4 is 5.32 Å². The Balaban J connectivity index is 0.00000200. The first-order chi connectivity index (χ1) is 9.25. The Morgan fingerprint density at radius 1 is 1.30 bits per heavy atom. The topological polar surface area (TPSA) is 41.6 Å². The van der Waals surface area contributed by atoms with Crippen molar-refractivity contribution in [2.45, 2.75) is 51.0 Å². The number of rotatable bonds is 5. The molecule has 1 aliphatic heterocycles. The smallest absolute Gasteiger partial charge is 0.223 e. The second-order valence-corrected chi connectivity index (χ2v) is 6.04. The highest BCUT2D eigenvalue weighted by atomic mass is 35.5. The summed E-state index contributed by atoms with van der Waals surface area (Å²) in [5.41, 5.74) is 0. The van der Waals surface area contributed by atoms with E-state index in [1.807, 2.05) is 11.9 Å². The van der Waals surface area contributed by atoms with Gasteiger partial charge in [0.25, 0.3) is 0 Å². The van der Waals surface area contributed by atoms with Gasteiger partial charge in [0.1, 0.15) is 0 Å². The fourth-order valence-corrected chi connectivity index (χ4v) is 3.09. The van der Waals surface area contributed by atoms with Gasteiger partial charge in [-0.25, -0.2) is 0 Å². The molecule has 1 heterocycles. The Hall–Kier alpha value is -0.320. The molecule has 1 unspecified atom stereocenters. The number of hydrogen-bond donors (Lipinski definition) is 1. The zero-order valence-corrected chi connectivity index (χ0v) is 13.4. The number of nitrogens with zero attached hydrogens (tertiary/aromatic N) is 1. The molecular weight excluding hydrogens is 276 g/mol. The van der Waals surface area contributed by atoms with Gasteiger partial charge in [0.2, 0.25) is 5.91 Å². The van der Waals surface area contributed by atoms with Gasteiger partial charge in [-0.3, -0.25) is 4.79 Å². The normalized spacial score (nSPS) is 23.9. The predicted molar refractivity (Wildman–Crippen MR) is 83.3 cm³/mol. The zero-order chi connectivity index (χ0) is 13.5. The Morgan fingerprint density at radius 2 is 2.05 bits per heavy atom. The first-order valence-corrected chi connectivity index (χ1v) is 7.81. The van der Waals surface area contributed by atoms with Crippen LogP contribution in [0, 0.1) is 5.92 Å². The maximum absolute atomic E-state index is 12.1. The minimum Gasteiger partial charge on any atom is -0.378 e. The number of carbonyl (C=O) groups is 1. The molecule has 1 atom stereocenters. The molecule has 1 N–H and O–H groups in total. The molecule has 2 fully saturated rings. The van der Waals surface area contributed by atoms with Crippen molar-refractivity contribution in [3.05, 3.63) is 0 Å². The van der Waals surface area contributed by atoms with E-state index < -0.39 is 0 Å². The van der Waals surface area contributed by atoms with Crippen molar-refractivity contribution < 1.29 is 9.53 Å². The maximum atomic E-state index is 12.1. The van der Waals surface area contributed by atoms with E-state index in [4.69, 9.17) is 4.74 Å². The van der Waals surface area contributed by atoms with Gasteiger partial charge in [0, 0.05) is 32.6 Å². The van der Waals surface area contributed by atoms with E-state index in [-0.39, 0.29) is 24.4 Å². The molecule has 4 nitrogen and oxygen atoms in total. The van der Waals surface area contributed by atoms with E-state index in [0.29, 0.717) is 13.0 Å².